The van der Waals surface area contributed by atoms with Crippen LogP contribution in [-0.2, 0) is 0 Å². The maximum Gasteiger partial charge on any atom is 0.193 e. The number of nitrogens with zero attached hydrogens (tertiary/aromatic N) is 3. The van der Waals surface area contributed by atoms with Crippen molar-refractivity contribution in [3.05, 3.63) is 76.2 Å². The average molecular weight is 309 g/mol. The Morgan fingerprint density at radius 2 is 1.65 bits per heavy atom. The quantitative estimate of drug-likeness (QED) is 0.220. The zero-order valence-corrected chi connectivity index (χ0v) is 12.9. The molecule has 0 bridgehead atoms. The van der Waals surface area contributed by atoms with Crippen LogP contribution in [0.1, 0.15) is 35.2 Å². The molecular formula is C18H19N3O2. The molecule has 0 unspecified atom stereocenters. The Morgan fingerprint density at radius 3 is 2.35 bits per heavy atom. The topological polar surface area (TPSA) is 75.1 Å². The third kappa shape index (κ3) is 5.49. The van der Waals surface area contributed by atoms with E-state index >= 15 is 0 Å². The molecule has 0 aliphatic carbocycles. The highest BCUT2D eigenvalue weighted by Crippen LogP contribution is 2.16. The van der Waals surface area contributed by atoms with E-state index in [-0.39, 0.29) is 5.78 Å². The molecule has 0 heterocycles. The first-order valence-electron chi connectivity index (χ1n) is 7.65. The second-order valence-corrected chi connectivity index (χ2v) is 5.08. The van der Waals surface area contributed by atoms with Gasteiger partial charge < -0.3 is 4.74 Å². The highest BCUT2D eigenvalue weighted by molar-refractivity contribution is 6.08. The fourth-order valence-electron chi connectivity index (χ4n) is 2.15. The molecule has 5 heteroatoms. The molecule has 0 amide bonds. The summed E-state index contributed by atoms with van der Waals surface area (Å²) in [5, 5.41) is 3.49. The van der Waals surface area contributed by atoms with Gasteiger partial charge in [-0.1, -0.05) is 35.4 Å². The molecule has 118 valence electrons. The fraction of sp³-hybridized carbons (Fsp3) is 0.278. The number of ether oxygens (including phenoxy) is 1. The summed E-state index contributed by atoms with van der Waals surface area (Å²) in [4.78, 5) is 15.0. The van der Waals surface area contributed by atoms with Gasteiger partial charge in [-0.25, -0.2) is 0 Å². The Balaban J connectivity index is 1.78. The molecule has 2 aromatic carbocycles. The molecule has 0 N–H and O–H groups in total. The first-order chi connectivity index (χ1) is 11.3. The number of rotatable bonds is 9. The van der Waals surface area contributed by atoms with Gasteiger partial charge in [0.1, 0.15) is 5.75 Å². The van der Waals surface area contributed by atoms with Gasteiger partial charge in [0, 0.05) is 22.6 Å². The Hall–Kier alpha value is -2.78. The number of benzene rings is 2. The van der Waals surface area contributed by atoms with E-state index < -0.39 is 0 Å². The molecule has 2 rings (SSSR count). The number of carbonyl (C=O) groups is 1. The van der Waals surface area contributed by atoms with Crippen LogP contribution >= 0.6 is 0 Å². The normalized spacial score (nSPS) is 9.91. The van der Waals surface area contributed by atoms with Crippen molar-refractivity contribution in [1.82, 2.24) is 0 Å². The van der Waals surface area contributed by atoms with Crippen molar-refractivity contribution in [3.63, 3.8) is 0 Å². The SMILES string of the molecule is [N-]=[N+]=NCCCCCOc1ccc(C(=O)c2ccccc2)cc1. The molecule has 0 aliphatic rings. The number of azide groups is 1. The smallest absolute Gasteiger partial charge is 0.193 e. The summed E-state index contributed by atoms with van der Waals surface area (Å²) in [6.45, 7) is 1.15. The highest BCUT2D eigenvalue weighted by atomic mass is 16.5. The number of unbranched alkanes of at least 4 members (excludes halogenated alkanes) is 2. The maximum atomic E-state index is 12.3. The third-order valence-corrected chi connectivity index (χ3v) is 3.39. The number of hydrogen-bond donors (Lipinski definition) is 0. The van der Waals surface area contributed by atoms with Gasteiger partial charge in [0.15, 0.2) is 5.78 Å². The molecule has 2 aromatic rings. The molecule has 0 aromatic heterocycles. The van der Waals surface area contributed by atoms with Crippen molar-refractivity contribution < 1.29 is 9.53 Å². The summed E-state index contributed by atoms with van der Waals surface area (Å²) in [7, 11) is 0. The predicted octanol–water partition coefficient (Wildman–Crippen LogP) is 4.78. The Kier molecular flexibility index (Phi) is 6.69. The van der Waals surface area contributed by atoms with Gasteiger partial charge in [0.2, 0.25) is 0 Å². The fourth-order valence-corrected chi connectivity index (χ4v) is 2.15. The number of carbonyl (C=O) groups excluding carboxylic acids is 1. The first kappa shape index (κ1) is 16.6. The lowest BCUT2D eigenvalue weighted by Gasteiger charge is -2.07. The van der Waals surface area contributed by atoms with Crippen LogP contribution in [0.4, 0.5) is 0 Å². The summed E-state index contributed by atoms with van der Waals surface area (Å²) in [5.74, 6) is 0.764. The minimum atomic E-state index is 0.00944. The van der Waals surface area contributed by atoms with E-state index in [2.05, 4.69) is 10.0 Å². The maximum absolute atomic E-state index is 12.3. The summed E-state index contributed by atoms with van der Waals surface area (Å²) in [6.07, 6.45) is 2.74. The van der Waals surface area contributed by atoms with Gasteiger partial charge in [-0.3, -0.25) is 4.79 Å². The van der Waals surface area contributed by atoms with Gasteiger partial charge >= 0.3 is 0 Å². The van der Waals surface area contributed by atoms with E-state index in [1.54, 1.807) is 12.1 Å². The lowest BCUT2D eigenvalue weighted by Crippen LogP contribution is -2.02. The third-order valence-electron chi connectivity index (χ3n) is 3.39. The molecule has 0 fully saturated rings. The molecule has 0 spiro atoms. The van der Waals surface area contributed by atoms with Crippen molar-refractivity contribution in [2.75, 3.05) is 13.2 Å². The minimum absolute atomic E-state index is 0.00944. The predicted molar refractivity (Wildman–Crippen MR) is 89.7 cm³/mol. The van der Waals surface area contributed by atoms with Crippen LogP contribution in [0.15, 0.2) is 59.7 Å². The van der Waals surface area contributed by atoms with Crippen LogP contribution in [0.5, 0.6) is 5.75 Å². The van der Waals surface area contributed by atoms with Crippen LogP contribution in [0.2, 0.25) is 0 Å². The minimum Gasteiger partial charge on any atom is -0.494 e. The van der Waals surface area contributed by atoms with E-state index in [0.29, 0.717) is 24.3 Å². The molecule has 0 saturated heterocycles. The lowest BCUT2D eigenvalue weighted by molar-refractivity contribution is 0.103. The van der Waals surface area contributed by atoms with Crippen molar-refractivity contribution >= 4 is 5.78 Å². The van der Waals surface area contributed by atoms with Crippen molar-refractivity contribution in [1.29, 1.82) is 0 Å². The summed E-state index contributed by atoms with van der Waals surface area (Å²) >= 11 is 0. The van der Waals surface area contributed by atoms with Gasteiger partial charge in [0.05, 0.1) is 6.61 Å². The summed E-state index contributed by atoms with van der Waals surface area (Å²) in [6, 6.07) is 16.4. The van der Waals surface area contributed by atoms with E-state index in [1.807, 2.05) is 42.5 Å². The molecule has 0 radical (unpaired) electrons. The average Bonchev–Trinajstić information content (AvgIpc) is 2.61. The molecule has 5 nitrogen and oxygen atoms in total. The molecule has 0 saturated carbocycles. The van der Waals surface area contributed by atoms with Crippen LogP contribution in [0.25, 0.3) is 10.4 Å². The van der Waals surface area contributed by atoms with Gasteiger partial charge in [-0.05, 0) is 49.1 Å². The molecule has 23 heavy (non-hydrogen) atoms. The standard InChI is InChI=1S/C18H19N3O2/c19-21-20-13-5-2-6-14-23-17-11-9-16(10-12-17)18(22)15-7-3-1-4-8-15/h1,3-4,7-12H,2,5-6,13-14H2. The lowest BCUT2D eigenvalue weighted by atomic mass is 10.0. The first-order valence-corrected chi connectivity index (χ1v) is 7.65. The second kappa shape index (κ2) is 9.28. The monoisotopic (exact) mass is 309 g/mol. The van der Waals surface area contributed by atoms with E-state index in [9.17, 15) is 4.79 Å². The van der Waals surface area contributed by atoms with Crippen LogP contribution in [-0.4, -0.2) is 18.9 Å². The zero-order chi connectivity index (χ0) is 16.3. The van der Waals surface area contributed by atoms with Crippen molar-refractivity contribution in [3.8, 4) is 5.75 Å². The van der Waals surface area contributed by atoms with Gasteiger partial charge in [0.25, 0.3) is 0 Å². The largest absolute Gasteiger partial charge is 0.494 e. The van der Waals surface area contributed by atoms with E-state index in [0.717, 1.165) is 25.0 Å². The molecule has 0 aliphatic heterocycles. The second-order valence-electron chi connectivity index (χ2n) is 5.08. The van der Waals surface area contributed by atoms with Crippen LogP contribution in [0, 0.1) is 0 Å². The van der Waals surface area contributed by atoms with E-state index in [4.69, 9.17) is 10.3 Å². The summed E-state index contributed by atoms with van der Waals surface area (Å²) in [5.41, 5.74) is 9.49. The zero-order valence-electron chi connectivity index (χ0n) is 12.9. The Morgan fingerprint density at radius 1 is 0.957 bits per heavy atom. The van der Waals surface area contributed by atoms with Crippen molar-refractivity contribution in [2.45, 2.75) is 19.3 Å². The number of ketones is 1. The van der Waals surface area contributed by atoms with Crippen molar-refractivity contribution in [2.24, 2.45) is 5.11 Å². The Bertz CT molecular complexity index is 662. The summed E-state index contributed by atoms with van der Waals surface area (Å²) < 4.78 is 5.64. The van der Waals surface area contributed by atoms with E-state index in [1.165, 1.54) is 0 Å². The molecular weight excluding hydrogens is 290 g/mol. The number of hydrogen-bond acceptors (Lipinski definition) is 3. The van der Waals surface area contributed by atoms with Gasteiger partial charge in [-0.15, -0.1) is 0 Å². The van der Waals surface area contributed by atoms with Crippen LogP contribution < -0.4 is 4.74 Å². The Labute approximate surface area is 135 Å². The van der Waals surface area contributed by atoms with Gasteiger partial charge in [-0.2, -0.15) is 0 Å². The highest BCUT2D eigenvalue weighted by Gasteiger charge is 2.08. The van der Waals surface area contributed by atoms with Crippen LogP contribution in [0.3, 0.4) is 0 Å². The molecule has 0 atom stereocenters.